The molecule has 0 aliphatic carbocycles. The van der Waals surface area contributed by atoms with Crippen molar-refractivity contribution in [2.75, 3.05) is 56.5 Å². The van der Waals surface area contributed by atoms with E-state index >= 15 is 0 Å². The number of anilines is 2. The fraction of sp³-hybridized carbons (Fsp3) is 0.300. The van der Waals surface area contributed by atoms with E-state index in [4.69, 9.17) is 19.2 Å². The molecule has 208 valence electrons. The largest absolute Gasteiger partial charge is 0.497 e. The molecule has 0 saturated carbocycles. The summed E-state index contributed by atoms with van der Waals surface area (Å²) in [5, 5.41) is 3.95. The highest BCUT2D eigenvalue weighted by atomic mass is 32.2. The second-order valence-corrected chi connectivity index (χ2v) is 10.2. The van der Waals surface area contributed by atoms with Gasteiger partial charge in [0.25, 0.3) is 5.56 Å². The van der Waals surface area contributed by atoms with Crippen molar-refractivity contribution in [2.45, 2.75) is 18.1 Å². The number of nitrogens with one attached hydrogen (secondary N) is 1. The van der Waals surface area contributed by atoms with Gasteiger partial charge in [-0.05, 0) is 42.3 Å². The van der Waals surface area contributed by atoms with Crippen LogP contribution >= 0.6 is 11.8 Å². The molecule has 2 heterocycles. The lowest BCUT2D eigenvalue weighted by Crippen LogP contribution is -2.36. The van der Waals surface area contributed by atoms with Crippen LogP contribution in [0.1, 0.15) is 5.56 Å². The van der Waals surface area contributed by atoms with E-state index in [2.05, 4.69) is 10.2 Å². The highest BCUT2D eigenvalue weighted by molar-refractivity contribution is 7.99. The Morgan fingerprint density at radius 3 is 2.58 bits per heavy atom. The summed E-state index contributed by atoms with van der Waals surface area (Å²) in [4.78, 5) is 33.8. The maximum atomic E-state index is 13.8. The van der Waals surface area contributed by atoms with E-state index < -0.39 is 0 Å². The predicted octanol–water partition coefficient (Wildman–Crippen LogP) is 4.22. The van der Waals surface area contributed by atoms with Crippen LogP contribution in [0.3, 0.4) is 0 Å². The van der Waals surface area contributed by atoms with Crippen LogP contribution in [0, 0.1) is 0 Å². The molecule has 1 aliphatic heterocycles. The summed E-state index contributed by atoms with van der Waals surface area (Å²) in [6, 6.07) is 21.0. The van der Waals surface area contributed by atoms with E-state index in [9.17, 15) is 9.59 Å². The molecule has 1 amide bonds. The van der Waals surface area contributed by atoms with Crippen molar-refractivity contribution in [3.05, 3.63) is 82.6 Å². The van der Waals surface area contributed by atoms with Crippen molar-refractivity contribution >= 4 is 39.9 Å². The molecule has 1 N–H and O–H groups in total. The van der Waals surface area contributed by atoms with Crippen LogP contribution in [-0.2, 0) is 22.5 Å². The molecule has 0 unspecified atom stereocenters. The molecule has 0 radical (unpaired) electrons. The molecule has 0 atom stereocenters. The zero-order valence-corrected chi connectivity index (χ0v) is 23.4. The number of aryl methyl sites for hydroxylation is 1. The first-order valence-electron chi connectivity index (χ1n) is 13.1. The van der Waals surface area contributed by atoms with Crippen LogP contribution in [0.4, 0.5) is 11.4 Å². The zero-order chi connectivity index (χ0) is 27.9. The number of aromatic nitrogens is 2. The Morgan fingerprint density at radius 2 is 1.82 bits per heavy atom. The number of fused-ring (bicyclic) bond motifs is 1. The minimum Gasteiger partial charge on any atom is -0.497 e. The summed E-state index contributed by atoms with van der Waals surface area (Å²) in [6.07, 6.45) is 0.667. The van der Waals surface area contributed by atoms with Crippen molar-refractivity contribution in [3.63, 3.8) is 0 Å². The molecule has 1 aromatic heterocycles. The highest BCUT2D eigenvalue weighted by Gasteiger charge is 2.17. The maximum absolute atomic E-state index is 13.8. The van der Waals surface area contributed by atoms with Crippen molar-refractivity contribution in [3.8, 4) is 11.5 Å². The van der Waals surface area contributed by atoms with Crippen LogP contribution in [0.25, 0.3) is 10.9 Å². The van der Waals surface area contributed by atoms with Crippen molar-refractivity contribution in [1.82, 2.24) is 9.55 Å². The summed E-state index contributed by atoms with van der Waals surface area (Å²) in [7, 11) is 3.11. The molecular weight excluding hydrogens is 528 g/mol. The SMILES string of the molecule is COc1ccc(NC(=O)CSc2nc3ccc(N4CCOCC4)cc3c(=O)n2CCc2ccccc2)c(OC)c1. The molecular formula is C30H32N4O5S. The molecule has 0 bridgehead atoms. The first-order valence-corrected chi connectivity index (χ1v) is 14.1. The van der Waals surface area contributed by atoms with Crippen LogP contribution < -0.4 is 25.2 Å². The minimum absolute atomic E-state index is 0.0737. The first kappa shape index (κ1) is 27.5. The summed E-state index contributed by atoms with van der Waals surface area (Å²) < 4.78 is 17.8. The number of carbonyl (C=O) groups excluding carboxylic acids is 1. The third-order valence-electron chi connectivity index (χ3n) is 6.76. The second-order valence-electron chi connectivity index (χ2n) is 9.29. The number of carbonyl (C=O) groups is 1. The lowest BCUT2D eigenvalue weighted by Gasteiger charge is -2.29. The predicted molar refractivity (Wildman–Crippen MR) is 158 cm³/mol. The van der Waals surface area contributed by atoms with Gasteiger partial charge in [-0.3, -0.25) is 14.2 Å². The van der Waals surface area contributed by atoms with Gasteiger partial charge in [-0.25, -0.2) is 4.98 Å². The molecule has 3 aromatic carbocycles. The Morgan fingerprint density at radius 1 is 1.02 bits per heavy atom. The first-order chi connectivity index (χ1) is 19.6. The number of benzene rings is 3. The Hall–Kier alpha value is -4.02. The van der Waals surface area contributed by atoms with Gasteiger partial charge in [0.05, 0.1) is 49.8 Å². The topological polar surface area (TPSA) is 94.9 Å². The fourth-order valence-electron chi connectivity index (χ4n) is 4.62. The number of morpholine rings is 1. The van der Waals surface area contributed by atoms with E-state index in [1.54, 1.807) is 29.9 Å². The average Bonchev–Trinajstić information content (AvgIpc) is 3.00. The summed E-state index contributed by atoms with van der Waals surface area (Å²) in [5.41, 5.74) is 3.14. The van der Waals surface area contributed by atoms with Gasteiger partial charge in [-0.2, -0.15) is 0 Å². The number of amides is 1. The van der Waals surface area contributed by atoms with E-state index in [1.807, 2.05) is 48.5 Å². The van der Waals surface area contributed by atoms with Gasteiger partial charge in [-0.1, -0.05) is 42.1 Å². The smallest absolute Gasteiger partial charge is 0.262 e. The Kier molecular flexibility index (Phi) is 8.87. The van der Waals surface area contributed by atoms with Gasteiger partial charge in [0, 0.05) is 31.4 Å². The molecule has 1 saturated heterocycles. The third-order valence-corrected chi connectivity index (χ3v) is 7.74. The van der Waals surface area contributed by atoms with Crippen LogP contribution in [0.15, 0.2) is 76.7 Å². The quantitative estimate of drug-likeness (QED) is 0.228. The Balaban J connectivity index is 1.41. The number of thioether (sulfide) groups is 1. The number of methoxy groups -OCH3 is 2. The van der Waals surface area contributed by atoms with Gasteiger partial charge in [-0.15, -0.1) is 0 Å². The third kappa shape index (κ3) is 6.40. The van der Waals surface area contributed by atoms with Crippen molar-refractivity contribution in [2.24, 2.45) is 0 Å². The highest BCUT2D eigenvalue weighted by Crippen LogP contribution is 2.29. The van der Waals surface area contributed by atoms with Crippen LogP contribution in [0.5, 0.6) is 11.5 Å². The summed E-state index contributed by atoms with van der Waals surface area (Å²) in [6.45, 7) is 3.34. The van der Waals surface area contributed by atoms with E-state index in [0.717, 1.165) is 24.3 Å². The molecule has 1 fully saturated rings. The van der Waals surface area contributed by atoms with E-state index in [-0.39, 0.29) is 17.2 Å². The maximum Gasteiger partial charge on any atom is 0.262 e. The van der Waals surface area contributed by atoms with Gasteiger partial charge in [0.2, 0.25) is 5.91 Å². The minimum atomic E-state index is -0.236. The molecule has 0 spiro atoms. The van der Waals surface area contributed by atoms with Crippen LogP contribution in [-0.4, -0.2) is 61.7 Å². The molecule has 40 heavy (non-hydrogen) atoms. The Labute approximate surface area is 237 Å². The average molecular weight is 561 g/mol. The van der Waals surface area contributed by atoms with E-state index in [1.165, 1.54) is 18.9 Å². The number of rotatable bonds is 10. The lowest BCUT2D eigenvalue weighted by molar-refractivity contribution is -0.113. The van der Waals surface area contributed by atoms with E-state index in [0.29, 0.717) is 59.4 Å². The van der Waals surface area contributed by atoms with Gasteiger partial charge in [0.1, 0.15) is 11.5 Å². The summed E-state index contributed by atoms with van der Waals surface area (Å²) >= 11 is 1.24. The second kappa shape index (κ2) is 12.9. The molecule has 5 rings (SSSR count). The Bertz CT molecular complexity index is 1540. The van der Waals surface area contributed by atoms with Crippen molar-refractivity contribution < 1.29 is 19.0 Å². The zero-order valence-electron chi connectivity index (χ0n) is 22.6. The lowest BCUT2D eigenvalue weighted by atomic mass is 10.1. The standard InChI is InChI=1S/C30H32N4O5S/c1-37-23-9-11-26(27(19-23)38-2)31-28(35)20-40-30-32-25-10-8-22(33-14-16-39-17-15-33)18-24(25)29(36)34(30)13-12-21-6-4-3-5-7-21/h3-11,18-19H,12-17,20H2,1-2H3,(H,31,35). The number of hydrogen-bond donors (Lipinski definition) is 1. The number of nitrogens with zero attached hydrogens (tertiary/aromatic N) is 3. The molecule has 4 aromatic rings. The molecule has 1 aliphatic rings. The normalized spacial score (nSPS) is 13.3. The number of hydrogen-bond acceptors (Lipinski definition) is 8. The van der Waals surface area contributed by atoms with Gasteiger partial charge >= 0.3 is 0 Å². The monoisotopic (exact) mass is 560 g/mol. The number of ether oxygens (including phenoxy) is 3. The molecule has 9 nitrogen and oxygen atoms in total. The van der Waals surface area contributed by atoms with Gasteiger partial charge < -0.3 is 24.4 Å². The molecule has 10 heteroatoms. The van der Waals surface area contributed by atoms with Crippen LogP contribution in [0.2, 0.25) is 0 Å². The van der Waals surface area contributed by atoms with Gasteiger partial charge in [0.15, 0.2) is 5.16 Å². The summed E-state index contributed by atoms with van der Waals surface area (Å²) in [5.74, 6) is 0.964. The van der Waals surface area contributed by atoms with Crippen molar-refractivity contribution in [1.29, 1.82) is 0 Å². The fourth-order valence-corrected chi connectivity index (χ4v) is 5.44.